The average molecular weight is 418 g/mol. The fraction of sp³-hybridized carbons (Fsp3) is 0.261. The number of imidazole rings is 1. The van der Waals surface area contributed by atoms with E-state index in [1.54, 1.807) is 18.2 Å². The van der Waals surface area contributed by atoms with Gasteiger partial charge in [-0.25, -0.2) is 4.98 Å². The fourth-order valence-corrected chi connectivity index (χ4v) is 4.00. The van der Waals surface area contributed by atoms with Gasteiger partial charge in [0.1, 0.15) is 5.82 Å². The van der Waals surface area contributed by atoms with E-state index in [1.807, 2.05) is 35.4 Å². The molecule has 0 saturated carbocycles. The molecule has 2 amide bonds. The van der Waals surface area contributed by atoms with Gasteiger partial charge in [-0.1, -0.05) is 12.1 Å². The summed E-state index contributed by atoms with van der Waals surface area (Å²) in [7, 11) is 0. The Bertz CT molecular complexity index is 1150. The van der Waals surface area contributed by atoms with Gasteiger partial charge in [-0.05, 0) is 35.9 Å². The van der Waals surface area contributed by atoms with Crippen molar-refractivity contribution < 1.29 is 19.1 Å². The number of nitrogens with zero attached hydrogens (tertiary/aromatic N) is 3. The number of carbonyl (C=O) groups excluding carboxylic acids is 2. The maximum absolute atomic E-state index is 13.1. The van der Waals surface area contributed by atoms with Crippen molar-refractivity contribution in [2.45, 2.75) is 19.9 Å². The number of rotatable bonds is 3. The van der Waals surface area contributed by atoms with Crippen LogP contribution in [0.5, 0.6) is 11.5 Å². The smallest absolute Gasteiger partial charge is 0.254 e. The van der Waals surface area contributed by atoms with Gasteiger partial charge in [0.25, 0.3) is 5.91 Å². The van der Waals surface area contributed by atoms with Crippen LogP contribution < -0.4 is 14.8 Å². The van der Waals surface area contributed by atoms with Crippen molar-refractivity contribution in [3.8, 4) is 22.8 Å². The van der Waals surface area contributed by atoms with Crippen molar-refractivity contribution in [1.82, 2.24) is 14.5 Å². The van der Waals surface area contributed by atoms with Crippen LogP contribution in [0.1, 0.15) is 23.1 Å². The van der Waals surface area contributed by atoms with Gasteiger partial charge in [0.15, 0.2) is 11.5 Å². The second kappa shape index (κ2) is 7.79. The van der Waals surface area contributed by atoms with Crippen LogP contribution in [0.2, 0.25) is 0 Å². The average Bonchev–Trinajstić information content (AvgIpc) is 3.35. The molecule has 0 spiro atoms. The summed E-state index contributed by atoms with van der Waals surface area (Å²) < 4.78 is 12.9. The molecule has 5 rings (SSSR count). The molecule has 158 valence electrons. The predicted octanol–water partition coefficient (Wildman–Crippen LogP) is 2.94. The minimum atomic E-state index is -0.0989. The Morgan fingerprint density at radius 2 is 1.81 bits per heavy atom. The van der Waals surface area contributed by atoms with Gasteiger partial charge in [0.05, 0.1) is 11.9 Å². The highest BCUT2D eigenvalue weighted by Gasteiger charge is 2.24. The Labute approximate surface area is 179 Å². The number of hydrogen-bond donors (Lipinski definition) is 1. The first-order valence-electron chi connectivity index (χ1n) is 10.2. The molecule has 2 aromatic carbocycles. The zero-order valence-electron chi connectivity index (χ0n) is 17.1. The van der Waals surface area contributed by atoms with Crippen LogP contribution in [0.15, 0.2) is 48.7 Å². The van der Waals surface area contributed by atoms with E-state index in [2.05, 4.69) is 14.9 Å². The molecule has 8 nitrogen and oxygen atoms in total. The van der Waals surface area contributed by atoms with Gasteiger partial charge < -0.3 is 24.3 Å². The number of ether oxygens (including phenoxy) is 2. The second-order valence-corrected chi connectivity index (χ2v) is 7.58. The van der Waals surface area contributed by atoms with Crippen LogP contribution in [0.4, 0.5) is 5.69 Å². The Hall–Kier alpha value is -3.81. The topological polar surface area (TPSA) is 85.7 Å². The van der Waals surface area contributed by atoms with Crippen LogP contribution in [0.3, 0.4) is 0 Å². The highest BCUT2D eigenvalue weighted by Crippen LogP contribution is 2.33. The quantitative estimate of drug-likeness (QED) is 0.707. The summed E-state index contributed by atoms with van der Waals surface area (Å²) in [4.78, 5) is 30.8. The van der Waals surface area contributed by atoms with E-state index < -0.39 is 0 Å². The molecule has 3 aromatic rings. The van der Waals surface area contributed by atoms with Crippen LogP contribution in [-0.2, 0) is 17.8 Å². The highest BCUT2D eigenvalue weighted by atomic mass is 16.7. The van der Waals surface area contributed by atoms with Crippen molar-refractivity contribution in [3.05, 3.63) is 60.0 Å². The third-order valence-corrected chi connectivity index (χ3v) is 5.54. The van der Waals surface area contributed by atoms with Gasteiger partial charge in [0.2, 0.25) is 12.7 Å². The Kier molecular flexibility index (Phi) is 4.82. The maximum Gasteiger partial charge on any atom is 0.254 e. The highest BCUT2D eigenvalue weighted by molar-refractivity contribution is 5.95. The van der Waals surface area contributed by atoms with Gasteiger partial charge >= 0.3 is 0 Å². The predicted molar refractivity (Wildman–Crippen MR) is 114 cm³/mol. The molecule has 0 radical (unpaired) electrons. The van der Waals surface area contributed by atoms with E-state index in [-0.39, 0.29) is 18.6 Å². The lowest BCUT2D eigenvalue weighted by molar-refractivity contribution is -0.114. The molecular formula is C23H22N4O4. The van der Waals surface area contributed by atoms with Gasteiger partial charge in [-0.3, -0.25) is 9.59 Å². The van der Waals surface area contributed by atoms with Crippen LogP contribution in [-0.4, -0.2) is 46.1 Å². The summed E-state index contributed by atoms with van der Waals surface area (Å²) >= 11 is 0. The molecule has 31 heavy (non-hydrogen) atoms. The first-order valence-corrected chi connectivity index (χ1v) is 10.2. The standard InChI is InChI=1S/C23H22N4O4/c1-15(28)25-18-5-2-16(3-6-18)19-13-24-22-8-9-26(10-11-27(19)22)23(29)17-4-7-20-21(12-17)31-14-30-20/h2-7,12-13H,8-11,14H2,1H3,(H,25,28). The molecule has 0 fully saturated rings. The Balaban J connectivity index is 1.33. The molecule has 2 aliphatic heterocycles. The molecule has 1 aromatic heterocycles. The number of anilines is 1. The number of carbonyl (C=O) groups is 2. The normalized spacial score (nSPS) is 14.7. The number of amides is 2. The lowest BCUT2D eigenvalue weighted by Crippen LogP contribution is -2.33. The minimum absolute atomic E-state index is 0.0229. The van der Waals surface area contributed by atoms with Gasteiger partial charge in [-0.15, -0.1) is 0 Å². The molecule has 0 aliphatic carbocycles. The first-order chi connectivity index (χ1) is 15.1. The summed E-state index contributed by atoms with van der Waals surface area (Å²) in [6.45, 7) is 3.53. The summed E-state index contributed by atoms with van der Waals surface area (Å²) in [5.41, 5.74) is 3.37. The third-order valence-electron chi connectivity index (χ3n) is 5.54. The maximum atomic E-state index is 13.1. The van der Waals surface area contributed by atoms with Crippen LogP contribution in [0.25, 0.3) is 11.3 Å². The number of fused-ring (bicyclic) bond motifs is 2. The van der Waals surface area contributed by atoms with Gasteiger partial charge in [0, 0.05) is 44.2 Å². The molecule has 0 atom stereocenters. The number of nitrogens with one attached hydrogen (secondary N) is 1. The number of aromatic nitrogens is 2. The summed E-state index contributed by atoms with van der Waals surface area (Å²) in [5.74, 6) is 2.12. The molecular weight excluding hydrogens is 396 g/mol. The molecule has 0 bridgehead atoms. The molecule has 1 N–H and O–H groups in total. The lowest BCUT2D eigenvalue weighted by Gasteiger charge is -2.20. The molecule has 0 saturated heterocycles. The SMILES string of the molecule is CC(=O)Nc1ccc(-c2cnc3n2CCN(C(=O)c2ccc4c(c2)OCO4)CC3)cc1. The van der Waals surface area contributed by atoms with Crippen molar-refractivity contribution >= 4 is 17.5 Å². The first kappa shape index (κ1) is 19.2. The van der Waals surface area contributed by atoms with Gasteiger partial charge in [-0.2, -0.15) is 0 Å². The van der Waals surface area contributed by atoms with Crippen molar-refractivity contribution in [3.63, 3.8) is 0 Å². The monoisotopic (exact) mass is 418 g/mol. The summed E-state index contributed by atoms with van der Waals surface area (Å²) in [6.07, 6.45) is 2.55. The van der Waals surface area contributed by atoms with E-state index >= 15 is 0 Å². The molecule has 0 unspecified atom stereocenters. The van der Waals surface area contributed by atoms with Crippen LogP contribution >= 0.6 is 0 Å². The third kappa shape index (κ3) is 3.72. The van der Waals surface area contributed by atoms with Crippen molar-refractivity contribution in [1.29, 1.82) is 0 Å². The number of hydrogen-bond acceptors (Lipinski definition) is 5. The zero-order valence-corrected chi connectivity index (χ0v) is 17.1. The van der Waals surface area contributed by atoms with E-state index in [4.69, 9.17) is 9.47 Å². The van der Waals surface area contributed by atoms with Crippen LogP contribution in [0, 0.1) is 0 Å². The van der Waals surface area contributed by atoms with E-state index in [0.717, 1.165) is 22.8 Å². The Morgan fingerprint density at radius 1 is 1.00 bits per heavy atom. The largest absolute Gasteiger partial charge is 0.454 e. The molecule has 3 heterocycles. The van der Waals surface area contributed by atoms with Crippen molar-refractivity contribution in [2.75, 3.05) is 25.2 Å². The zero-order chi connectivity index (χ0) is 21.4. The second-order valence-electron chi connectivity index (χ2n) is 7.58. The molecule has 8 heteroatoms. The summed E-state index contributed by atoms with van der Waals surface area (Å²) in [6, 6.07) is 13.0. The minimum Gasteiger partial charge on any atom is -0.454 e. The number of benzene rings is 2. The molecule has 2 aliphatic rings. The lowest BCUT2D eigenvalue weighted by atomic mass is 10.1. The fourth-order valence-electron chi connectivity index (χ4n) is 4.00. The Morgan fingerprint density at radius 3 is 2.61 bits per heavy atom. The summed E-state index contributed by atoms with van der Waals surface area (Å²) in [5, 5.41) is 2.78. The van der Waals surface area contributed by atoms with Crippen molar-refractivity contribution in [2.24, 2.45) is 0 Å². The van der Waals surface area contributed by atoms with E-state index in [9.17, 15) is 9.59 Å². The van der Waals surface area contributed by atoms with E-state index in [0.29, 0.717) is 43.1 Å². The van der Waals surface area contributed by atoms with E-state index in [1.165, 1.54) is 6.92 Å².